The predicted molar refractivity (Wildman–Crippen MR) is 67.2 cm³/mol. The van der Waals surface area contributed by atoms with Crippen LogP contribution in [-0.4, -0.2) is 5.11 Å². The minimum Gasteiger partial charge on any atom is -0.506 e. The third kappa shape index (κ3) is 2.65. The number of benzene rings is 1. The molecular formula is C11H15BrClNO. The van der Waals surface area contributed by atoms with E-state index in [1.807, 2.05) is 20.8 Å². The Balaban J connectivity index is 3.31. The van der Waals surface area contributed by atoms with Crippen molar-refractivity contribution in [1.29, 1.82) is 0 Å². The fraction of sp³-hybridized carbons (Fsp3) is 0.455. The monoisotopic (exact) mass is 291 g/mol. The van der Waals surface area contributed by atoms with Gasteiger partial charge in [0.05, 0.1) is 4.47 Å². The summed E-state index contributed by atoms with van der Waals surface area (Å²) in [4.78, 5) is 0. The van der Waals surface area contributed by atoms with Gasteiger partial charge in [0.1, 0.15) is 5.75 Å². The molecule has 0 radical (unpaired) electrons. The lowest BCUT2D eigenvalue weighted by atomic mass is 9.83. The zero-order valence-electron chi connectivity index (χ0n) is 9.01. The van der Waals surface area contributed by atoms with Gasteiger partial charge < -0.3 is 10.8 Å². The van der Waals surface area contributed by atoms with E-state index >= 15 is 0 Å². The Morgan fingerprint density at radius 2 is 1.93 bits per heavy atom. The van der Waals surface area contributed by atoms with Crippen molar-refractivity contribution in [3.63, 3.8) is 0 Å². The van der Waals surface area contributed by atoms with E-state index < -0.39 is 0 Å². The molecule has 0 aliphatic carbocycles. The van der Waals surface area contributed by atoms with Gasteiger partial charge in [-0.15, -0.1) is 0 Å². The van der Waals surface area contributed by atoms with Gasteiger partial charge in [-0.3, -0.25) is 0 Å². The Morgan fingerprint density at radius 3 is 2.40 bits per heavy atom. The SMILES string of the molecule is CC(C)(C)[C@@H](N)c1c(Cl)ccc(Br)c1O. The molecule has 0 spiro atoms. The number of nitrogens with two attached hydrogens (primary N) is 1. The smallest absolute Gasteiger partial charge is 0.136 e. The van der Waals surface area contributed by atoms with Gasteiger partial charge in [0.15, 0.2) is 0 Å². The van der Waals surface area contributed by atoms with Crippen molar-refractivity contribution in [2.24, 2.45) is 11.1 Å². The second-order valence-corrected chi connectivity index (χ2v) is 5.90. The van der Waals surface area contributed by atoms with Crippen molar-refractivity contribution in [2.45, 2.75) is 26.8 Å². The molecule has 0 saturated carbocycles. The van der Waals surface area contributed by atoms with Crippen LogP contribution < -0.4 is 5.73 Å². The highest BCUT2D eigenvalue weighted by Crippen LogP contribution is 2.42. The summed E-state index contributed by atoms with van der Waals surface area (Å²) >= 11 is 9.29. The molecule has 0 fully saturated rings. The highest BCUT2D eigenvalue weighted by atomic mass is 79.9. The quantitative estimate of drug-likeness (QED) is 0.826. The van der Waals surface area contributed by atoms with E-state index in [0.29, 0.717) is 15.1 Å². The van der Waals surface area contributed by atoms with Crippen LogP contribution in [0.1, 0.15) is 32.4 Å². The first-order valence-electron chi connectivity index (χ1n) is 4.67. The molecule has 0 unspecified atom stereocenters. The molecule has 0 aliphatic rings. The molecule has 0 amide bonds. The van der Waals surface area contributed by atoms with Crippen molar-refractivity contribution in [3.8, 4) is 5.75 Å². The number of phenols is 1. The summed E-state index contributed by atoms with van der Waals surface area (Å²) in [5.41, 5.74) is 6.52. The van der Waals surface area contributed by atoms with Crippen LogP contribution in [0, 0.1) is 5.41 Å². The predicted octanol–water partition coefficient (Wildman–Crippen LogP) is 3.85. The van der Waals surface area contributed by atoms with Crippen LogP contribution in [0.25, 0.3) is 0 Å². The van der Waals surface area contributed by atoms with Gasteiger partial charge in [0, 0.05) is 16.6 Å². The number of phenolic OH excluding ortho intramolecular Hbond substituents is 1. The molecule has 3 N–H and O–H groups in total. The Hall–Kier alpha value is -0.250. The zero-order chi connectivity index (χ0) is 11.8. The lowest BCUT2D eigenvalue weighted by molar-refractivity contribution is 0.317. The van der Waals surface area contributed by atoms with E-state index in [1.165, 1.54) is 0 Å². The molecule has 0 saturated heterocycles. The summed E-state index contributed by atoms with van der Waals surface area (Å²) in [5, 5.41) is 10.4. The zero-order valence-corrected chi connectivity index (χ0v) is 11.4. The molecule has 1 aromatic carbocycles. The third-order valence-corrected chi connectivity index (χ3v) is 3.33. The molecular weight excluding hydrogens is 277 g/mol. The molecule has 1 rings (SSSR count). The molecule has 2 nitrogen and oxygen atoms in total. The normalized spacial score (nSPS) is 14.0. The van der Waals surface area contributed by atoms with E-state index in [0.717, 1.165) is 0 Å². The minimum absolute atomic E-state index is 0.130. The third-order valence-electron chi connectivity index (χ3n) is 2.36. The molecule has 84 valence electrons. The summed E-state index contributed by atoms with van der Waals surface area (Å²) in [6, 6.07) is 3.13. The highest BCUT2D eigenvalue weighted by Gasteiger charge is 2.27. The second kappa shape index (κ2) is 4.32. The van der Waals surface area contributed by atoms with Gasteiger partial charge >= 0.3 is 0 Å². The number of halogens is 2. The van der Waals surface area contributed by atoms with Crippen LogP contribution >= 0.6 is 27.5 Å². The first kappa shape index (κ1) is 12.8. The van der Waals surface area contributed by atoms with Gasteiger partial charge in [-0.05, 0) is 33.5 Å². The van der Waals surface area contributed by atoms with E-state index in [1.54, 1.807) is 12.1 Å². The van der Waals surface area contributed by atoms with Crippen LogP contribution in [0.2, 0.25) is 5.02 Å². The van der Waals surface area contributed by atoms with E-state index in [2.05, 4.69) is 15.9 Å². The van der Waals surface area contributed by atoms with Gasteiger partial charge in [-0.25, -0.2) is 0 Å². The molecule has 1 aromatic rings. The maximum atomic E-state index is 9.90. The first-order chi connectivity index (χ1) is 6.75. The second-order valence-electron chi connectivity index (χ2n) is 4.64. The summed E-state index contributed by atoms with van der Waals surface area (Å²) in [6.45, 7) is 6.02. The van der Waals surface area contributed by atoms with Crippen molar-refractivity contribution in [1.82, 2.24) is 0 Å². The lowest BCUT2D eigenvalue weighted by Crippen LogP contribution is -2.26. The molecule has 0 bridgehead atoms. The molecule has 15 heavy (non-hydrogen) atoms. The van der Waals surface area contributed by atoms with Gasteiger partial charge in [0.2, 0.25) is 0 Å². The average Bonchev–Trinajstić information content (AvgIpc) is 2.10. The van der Waals surface area contributed by atoms with Crippen molar-refractivity contribution in [3.05, 3.63) is 27.2 Å². The molecule has 4 heteroatoms. The fourth-order valence-electron chi connectivity index (χ4n) is 1.29. The maximum Gasteiger partial charge on any atom is 0.136 e. The van der Waals surface area contributed by atoms with Gasteiger partial charge in [0.25, 0.3) is 0 Å². The number of aromatic hydroxyl groups is 1. The number of hydrogen-bond donors (Lipinski definition) is 2. The number of hydrogen-bond acceptors (Lipinski definition) is 2. The van der Waals surface area contributed by atoms with Crippen LogP contribution in [0.5, 0.6) is 5.75 Å². The Bertz CT molecular complexity index is 374. The lowest BCUT2D eigenvalue weighted by Gasteiger charge is -2.28. The van der Waals surface area contributed by atoms with Crippen molar-refractivity contribution in [2.75, 3.05) is 0 Å². The number of rotatable bonds is 1. The van der Waals surface area contributed by atoms with Crippen LogP contribution in [0.3, 0.4) is 0 Å². The van der Waals surface area contributed by atoms with E-state index in [4.69, 9.17) is 17.3 Å². The minimum atomic E-state index is -0.303. The fourth-order valence-corrected chi connectivity index (χ4v) is 1.90. The Morgan fingerprint density at radius 1 is 1.40 bits per heavy atom. The van der Waals surface area contributed by atoms with Gasteiger partial charge in [-0.2, -0.15) is 0 Å². The maximum absolute atomic E-state index is 9.90. The summed E-state index contributed by atoms with van der Waals surface area (Å²) < 4.78 is 0.613. The topological polar surface area (TPSA) is 46.2 Å². The van der Waals surface area contributed by atoms with E-state index in [-0.39, 0.29) is 17.2 Å². The largest absolute Gasteiger partial charge is 0.506 e. The Kier molecular flexibility index (Phi) is 3.69. The van der Waals surface area contributed by atoms with Crippen LogP contribution in [-0.2, 0) is 0 Å². The molecule has 0 heterocycles. The standard InChI is InChI=1S/C11H15BrClNO/c1-11(2,3)10(14)8-7(13)5-4-6(12)9(8)15/h4-5,10,15H,14H2,1-3H3/t10-/m0/s1. The van der Waals surface area contributed by atoms with Crippen LogP contribution in [0.15, 0.2) is 16.6 Å². The van der Waals surface area contributed by atoms with Gasteiger partial charge in [-0.1, -0.05) is 32.4 Å². The van der Waals surface area contributed by atoms with Crippen molar-refractivity contribution >= 4 is 27.5 Å². The molecule has 1 atom stereocenters. The van der Waals surface area contributed by atoms with Crippen molar-refractivity contribution < 1.29 is 5.11 Å². The average molecular weight is 293 g/mol. The summed E-state index contributed by atoms with van der Waals surface area (Å²) in [5.74, 6) is 0.130. The highest BCUT2D eigenvalue weighted by molar-refractivity contribution is 9.10. The molecule has 0 aliphatic heterocycles. The summed E-state index contributed by atoms with van der Waals surface area (Å²) in [7, 11) is 0. The Labute approximate surface area is 104 Å². The summed E-state index contributed by atoms with van der Waals surface area (Å²) in [6.07, 6.45) is 0. The first-order valence-corrected chi connectivity index (χ1v) is 5.84. The molecule has 0 aromatic heterocycles. The van der Waals surface area contributed by atoms with E-state index in [9.17, 15) is 5.11 Å². The van der Waals surface area contributed by atoms with Crippen LogP contribution in [0.4, 0.5) is 0 Å².